The molecule has 0 saturated heterocycles. The van der Waals surface area contributed by atoms with Gasteiger partial charge in [-0.3, -0.25) is 0 Å². The minimum atomic E-state index is -0.632. The molecule has 0 heterocycles. The Balaban J connectivity index is -0.000000427. The molecule has 0 amide bonds. The molecule has 0 aromatic carbocycles. The highest BCUT2D eigenvalue weighted by molar-refractivity contribution is 4.79. The van der Waals surface area contributed by atoms with Crippen LogP contribution in [0.25, 0.3) is 0 Å². The Morgan fingerprint density at radius 2 is 1.35 bits per heavy atom. The molecule has 0 spiro atoms. The van der Waals surface area contributed by atoms with Gasteiger partial charge in [0.25, 0.3) is 0 Å². The van der Waals surface area contributed by atoms with Crippen LogP contribution in [-0.4, -0.2) is 73.8 Å². The van der Waals surface area contributed by atoms with Crippen LogP contribution in [-0.2, 0) is 14.2 Å². The van der Waals surface area contributed by atoms with E-state index in [0.29, 0.717) is 6.42 Å². The lowest BCUT2D eigenvalue weighted by atomic mass is 10.0. The maximum absolute atomic E-state index is 8.78. The third-order valence-corrected chi connectivity index (χ3v) is 2.35. The van der Waals surface area contributed by atoms with Gasteiger partial charge >= 0.3 is 0 Å². The van der Waals surface area contributed by atoms with Crippen molar-refractivity contribution in [2.24, 2.45) is 0 Å². The maximum atomic E-state index is 8.78. The Bertz CT molecular complexity index is 166. The predicted molar refractivity (Wildman–Crippen MR) is 68.2 cm³/mol. The van der Waals surface area contributed by atoms with Gasteiger partial charge in [-0.15, -0.1) is 0 Å². The van der Waals surface area contributed by atoms with Crippen LogP contribution in [0.1, 0.15) is 17.6 Å². The Hall–Kier alpha value is -0.240. The zero-order valence-corrected chi connectivity index (χ0v) is 10.4. The molecule has 0 unspecified atom stereocenters. The minimum Gasteiger partial charge on any atom is -0.394 e. The lowest BCUT2D eigenvalue weighted by Crippen LogP contribution is -2.43. The van der Waals surface area contributed by atoms with Gasteiger partial charge in [-0.25, -0.2) is 0 Å². The van der Waals surface area contributed by atoms with E-state index < -0.39 is 5.60 Å². The van der Waals surface area contributed by atoms with Crippen LogP contribution in [0.3, 0.4) is 0 Å². The van der Waals surface area contributed by atoms with E-state index in [9.17, 15) is 0 Å². The summed E-state index contributed by atoms with van der Waals surface area (Å²) in [6.45, 7) is 3.04. The Morgan fingerprint density at radius 3 is 1.71 bits per heavy atom. The molecule has 0 fully saturated rings. The summed E-state index contributed by atoms with van der Waals surface area (Å²) in [7, 11) is 0. The summed E-state index contributed by atoms with van der Waals surface area (Å²) in [5, 5.41) is 26.1. The minimum absolute atomic E-state index is 0. The van der Waals surface area contributed by atoms with Crippen molar-refractivity contribution in [3.05, 3.63) is 0 Å². The van der Waals surface area contributed by atoms with Crippen molar-refractivity contribution in [2.75, 3.05) is 52.9 Å². The van der Waals surface area contributed by atoms with E-state index in [1.54, 1.807) is 0 Å². The van der Waals surface area contributed by atoms with Crippen molar-refractivity contribution in [1.29, 1.82) is 0 Å². The number of aliphatic hydroxyl groups is 3. The second-order valence-electron chi connectivity index (χ2n) is 3.66. The SMILES string of the molecule is CCC(COCCO)(COCCO)OCCO.[HH].[HH].[HH]. The van der Waals surface area contributed by atoms with Crippen LogP contribution < -0.4 is 0 Å². The molecule has 0 aromatic rings. The van der Waals surface area contributed by atoms with Crippen LogP contribution in [0.5, 0.6) is 0 Å². The van der Waals surface area contributed by atoms with Gasteiger partial charge in [0.15, 0.2) is 0 Å². The van der Waals surface area contributed by atoms with E-state index >= 15 is 0 Å². The summed E-state index contributed by atoms with van der Waals surface area (Å²) in [6.07, 6.45) is 0.657. The first-order valence-electron chi connectivity index (χ1n) is 5.86. The van der Waals surface area contributed by atoms with E-state index in [4.69, 9.17) is 29.5 Å². The topological polar surface area (TPSA) is 88.4 Å². The molecule has 0 aromatic heterocycles. The Morgan fingerprint density at radius 1 is 0.882 bits per heavy atom. The van der Waals surface area contributed by atoms with Crippen molar-refractivity contribution in [2.45, 2.75) is 18.9 Å². The number of ether oxygens (including phenoxy) is 3. The van der Waals surface area contributed by atoms with Gasteiger partial charge in [0.05, 0.1) is 52.9 Å². The quantitative estimate of drug-likeness (QED) is 0.424. The third kappa shape index (κ3) is 7.64. The Kier molecular flexibility index (Phi) is 10.7. The van der Waals surface area contributed by atoms with E-state index in [0.717, 1.165) is 0 Å². The van der Waals surface area contributed by atoms with E-state index in [1.165, 1.54) is 0 Å². The van der Waals surface area contributed by atoms with Gasteiger partial charge in [0.2, 0.25) is 0 Å². The van der Waals surface area contributed by atoms with Gasteiger partial charge in [-0.05, 0) is 6.42 Å². The molecule has 0 aliphatic rings. The molecule has 0 atom stereocenters. The molecule has 6 nitrogen and oxygen atoms in total. The van der Waals surface area contributed by atoms with Crippen LogP contribution in [0.15, 0.2) is 0 Å². The normalized spacial score (nSPS) is 12.0. The van der Waals surface area contributed by atoms with Crippen LogP contribution in [0.4, 0.5) is 0 Å². The molecular formula is C11H30O6. The molecule has 17 heavy (non-hydrogen) atoms. The second kappa shape index (κ2) is 10.9. The molecule has 3 N–H and O–H groups in total. The lowest BCUT2D eigenvalue weighted by molar-refractivity contribution is -0.146. The summed E-state index contributed by atoms with van der Waals surface area (Å²) in [6, 6.07) is 0. The maximum Gasteiger partial charge on any atom is 0.114 e. The molecule has 0 bridgehead atoms. The van der Waals surface area contributed by atoms with Crippen LogP contribution >= 0.6 is 0 Å². The largest absolute Gasteiger partial charge is 0.394 e. The van der Waals surface area contributed by atoms with Crippen molar-refractivity contribution < 1.29 is 33.8 Å². The standard InChI is InChI=1S/C11H24O6.3H2/c1-2-11(17-8-5-14,9-15-6-3-12)10-16-7-4-13;;;/h12-14H,2-10H2,1H3;3*1H. The highest BCUT2D eigenvalue weighted by atomic mass is 16.6. The smallest absolute Gasteiger partial charge is 0.114 e. The first kappa shape index (κ1) is 16.8. The summed E-state index contributed by atoms with van der Waals surface area (Å²) in [5.41, 5.74) is -0.632. The lowest BCUT2D eigenvalue weighted by Gasteiger charge is -2.32. The molecule has 6 heteroatoms. The second-order valence-corrected chi connectivity index (χ2v) is 3.66. The zero-order chi connectivity index (χ0) is 13.0. The van der Waals surface area contributed by atoms with Gasteiger partial charge in [-0.2, -0.15) is 0 Å². The Labute approximate surface area is 107 Å². The summed E-state index contributed by atoms with van der Waals surface area (Å²) >= 11 is 0. The first-order chi connectivity index (χ1) is 8.24. The first-order valence-corrected chi connectivity index (χ1v) is 5.86. The predicted octanol–water partition coefficient (Wildman–Crippen LogP) is -0.100. The van der Waals surface area contributed by atoms with Crippen molar-refractivity contribution in [3.63, 3.8) is 0 Å². The highest BCUT2D eigenvalue weighted by Gasteiger charge is 2.30. The molecule has 0 radical (unpaired) electrons. The summed E-state index contributed by atoms with van der Waals surface area (Å²) in [4.78, 5) is 0. The molecular weight excluding hydrogens is 228 g/mol. The fraction of sp³-hybridized carbons (Fsp3) is 1.00. The van der Waals surface area contributed by atoms with E-state index in [-0.39, 0.29) is 57.1 Å². The fourth-order valence-electron chi connectivity index (χ4n) is 1.34. The zero-order valence-electron chi connectivity index (χ0n) is 10.4. The number of hydrogen-bond donors (Lipinski definition) is 3. The summed E-state index contributed by atoms with van der Waals surface area (Å²) in [5.74, 6) is 0. The number of aliphatic hydroxyl groups excluding tert-OH is 3. The van der Waals surface area contributed by atoms with Crippen molar-refractivity contribution in [3.8, 4) is 0 Å². The monoisotopic (exact) mass is 258 g/mol. The highest BCUT2D eigenvalue weighted by Crippen LogP contribution is 2.17. The van der Waals surface area contributed by atoms with E-state index in [1.807, 2.05) is 6.92 Å². The fourth-order valence-corrected chi connectivity index (χ4v) is 1.34. The van der Waals surface area contributed by atoms with Crippen LogP contribution in [0.2, 0.25) is 0 Å². The van der Waals surface area contributed by atoms with Crippen LogP contribution in [0, 0.1) is 0 Å². The molecule has 110 valence electrons. The number of rotatable bonds is 12. The van der Waals surface area contributed by atoms with Gasteiger partial charge < -0.3 is 29.5 Å². The molecule has 0 aliphatic heterocycles. The van der Waals surface area contributed by atoms with Gasteiger partial charge in [-0.1, -0.05) is 6.92 Å². The molecule has 0 rings (SSSR count). The molecule has 0 saturated carbocycles. The van der Waals surface area contributed by atoms with Crippen molar-refractivity contribution in [1.82, 2.24) is 0 Å². The third-order valence-electron chi connectivity index (χ3n) is 2.35. The van der Waals surface area contributed by atoms with E-state index in [2.05, 4.69) is 0 Å². The average molecular weight is 258 g/mol. The van der Waals surface area contributed by atoms with Gasteiger partial charge in [0, 0.05) is 4.28 Å². The molecule has 0 aliphatic carbocycles. The average Bonchev–Trinajstić information content (AvgIpc) is 2.36. The summed E-state index contributed by atoms with van der Waals surface area (Å²) < 4.78 is 16.1. The van der Waals surface area contributed by atoms with Crippen molar-refractivity contribution >= 4 is 0 Å². The van der Waals surface area contributed by atoms with Gasteiger partial charge in [0.1, 0.15) is 5.60 Å². The number of hydrogen-bond acceptors (Lipinski definition) is 6.